The molecule has 1 saturated heterocycles. The highest BCUT2D eigenvalue weighted by atomic mass is 16.5. The molecule has 2 rings (SSSR count). The Morgan fingerprint density at radius 1 is 1.40 bits per heavy atom. The van der Waals surface area contributed by atoms with E-state index in [2.05, 4.69) is 0 Å². The second-order valence-electron chi connectivity index (χ2n) is 5.14. The maximum Gasteiger partial charge on any atom is 0.126 e. The molecule has 1 aromatic rings. The molecule has 0 amide bonds. The molecule has 1 atom stereocenters. The number of nitrogens with two attached hydrogens (primary N) is 1. The van der Waals surface area contributed by atoms with Gasteiger partial charge in [-0.05, 0) is 50.3 Å². The van der Waals surface area contributed by atoms with Crippen LogP contribution < -0.4 is 15.2 Å². The van der Waals surface area contributed by atoms with Crippen LogP contribution in [-0.2, 0) is 11.2 Å². The van der Waals surface area contributed by atoms with Gasteiger partial charge in [-0.2, -0.15) is 0 Å². The predicted molar refractivity (Wildman–Crippen MR) is 79.5 cm³/mol. The van der Waals surface area contributed by atoms with Gasteiger partial charge in [-0.1, -0.05) is 6.07 Å². The Labute approximate surface area is 121 Å². The Morgan fingerprint density at radius 3 is 3.00 bits per heavy atom. The Balaban J connectivity index is 1.82. The summed E-state index contributed by atoms with van der Waals surface area (Å²) in [6.45, 7) is 2.26. The number of hydrogen-bond donors (Lipinski definition) is 1. The Hall–Kier alpha value is -1.26. The van der Waals surface area contributed by atoms with Gasteiger partial charge in [0.1, 0.15) is 11.5 Å². The van der Waals surface area contributed by atoms with Crippen molar-refractivity contribution in [2.24, 2.45) is 5.73 Å². The number of rotatable bonds is 8. The van der Waals surface area contributed by atoms with Gasteiger partial charge >= 0.3 is 0 Å². The average molecular weight is 279 g/mol. The molecule has 1 aromatic carbocycles. The van der Waals surface area contributed by atoms with Crippen molar-refractivity contribution in [1.29, 1.82) is 0 Å². The smallest absolute Gasteiger partial charge is 0.126 e. The van der Waals surface area contributed by atoms with E-state index in [-0.39, 0.29) is 0 Å². The minimum absolute atomic E-state index is 0.437. The number of hydrogen-bond acceptors (Lipinski definition) is 4. The number of methoxy groups -OCH3 is 1. The van der Waals surface area contributed by atoms with Crippen LogP contribution in [-0.4, -0.2) is 33.0 Å². The van der Waals surface area contributed by atoms with Gasteiger partial charge in [0.15, 0.2) is 0 Å². The molecule has 1 heterocycles. The first-order valence-corrected chi connectivity index (χ1v) is 7.45. The Morgan fingerprint density at radius 2 is 2.30 bits per heavy atom. The van der Waals surface area contributed by atoms with Crippen molar-refractivity contribution in [3.05, 3.63) is 23.8 Å². The fourth-order valence-corrected chi connectivity index (χ4v) is 2.52. The van der Waals surface area contributed by atoms with Crippen molar-refractivity contribution in [1.82, 2.24) is 0 Å². The first-order chi connectivity index (χ1) is 9.83. The van der Waals surface area contributed by atoms with Crippen LogP contribution in [0.4, 0.5) is 0 Å². The van der Waals surface area contributed by atoms with Gasteiger partial charge in [0.2, 0.25) is 0 Å². The Bertz CT molecular complexity index is 403. The molecular formula is C16H25NO3. The molecule has 112 valence electrons. The molecule has 0 radical (unpaired) electrons. The highest BCUT2D eigenvalue weighted by Crippen LogP contribution is 2.25. The molecule has 0 saturated carbocycles. The lowest BCUT2D eigenvalue weighted by Crippen LogP contribution is -2.09. The minimum Gasteiger partial charge on any atom is -0.497 e. The van der Waals surface area contributed by atoms with E-state index in [4.69, 9.17) is 19.9 Å². The minimum atomic E-state index is 0.437. The fraction of sp³-hybridized carbons (Fsp3) is 0.625. The van der Waals surface area contributed by atoms with Gasteiger partial charge in [-0.15, -0.1) is 0 Å². The van der Waals surface area contributed by atoms with Crippen molar-refractivity contribution in [3.63, 3.8) is 0 Å². The van der Waals surface area contributed by atoms with Crippen molar-refractivity contribution in [2.75, 3.05) is 26.9 Å². The van der Waals surface area contributed by atoms with Crippen LogP contribution in [0.3, 0.4) is 0 Å². The van der Waals surface area contributed by atoms with E-state index in [0.717, 1.165) is 42.9 Å². The molecule has 1 aliphatic heterocycles. The zero-order chi connectivity index (χ0) is 14.2. The van der Waals surface area contributed by atoms with Crippen LogP contribution in [0, 0.1) is 0 Å². The first-order valence-electron chi connectivity index (χ1n) is 7.45. The second kappa shape index (κ2) is 8.12. The molecule has 4 heteroatoms. The maximum absolute atomic E-state index is 5.90. The van der Waals surface area contributed by atoms with Gasteiger partial charge in [0, 0.05) is 12.7 Å². The van der Waals surface area contributed by atoms with Crippen molar-refractivity contribution < 1.29 is 14.2 Å². The fourth-order valence-electron chi connectivity index (χ4n) is 2.52. The SMILES string of the molecule is COc1ccc(CCN)c(OCCCC2CCCO2)c1. The molecule has 4 nitrogen and oxygen atoms in total. The first kappa shape index (κ1) is 15.1. The lowest BCUT2D eigenvalue weighted by molar-refractivity contribution is 0.0981. The van der Waals surface area contributed by atoms with Gasteiger partial charge in [0.25, 0.3) is 0 Å². The van der Waals surface area contributed by atoms with Crippen molar-refractivity contribution >= 4 is 0 Å². The summed E-state index contributed by atoms with van der Waals surface area (Å²) in [6, 6.07) is 5.92. The highest BCUT2D eigenvalue weighted by Gasteiger charge is 2.14. The molecule has 20 heavy (non-hydrogen) atoms. The lowest BCUT2D eigenvalue weighted by atomic mass is 10.1. The van der Waals surface area contributed by atoms with E-state index in [9.17, 15) is 0 Å². The summed E-state index contributed by atoms with van der Waals surface area (Å²) in [5.74, 6) is 1.71. The quantitative estimate of drug-likeness (QED) is 0.743. The zero-order valence-corrected chi connectivity index (χ0v) is 12.3. The molecule has 1 aliphatic rings. The largest absolute Gasteiger partial charge is 0.497 e. The molecule has 1 fully saturated rings. The van der Waals surface area contributed by atoms with E-state index in [1.165, 1.54) is 12.8 Å². The number of benzene rings is 1. The third-order valence-corrected chi connectivity index (χ3v) is 3.64. The summed E-state index contributed by atoms with van der Waals surface area (Å²) in [5, 5.41) is 0. The van der Waals surface area contributed by atoms with E-state index in [1.807, 2.05) is 18.2 Å². The number of ether oxygens (including phenoxy) is 3. The molecular weight excluding hydrogens is 254 g/mol. The summed E-state index contributed by atoms with van der Waals surface area (Å²) in [7, 11) is 1.67. The van der Waals surface area contributed by atoms with Crippen LogP contribution in [0.5, 0.6) is 11.5 Å². The van der Waals surface area contributed by atoms with Crippen molar-refractivity contribution in [2.45, 2.75) is 38.2 Å². The third kappa shape index (κ3) is 4.39. The monoisotopic (exact) mass is 279 g/mol. The van der Waals surface area contributed by atoms with Crippen LogP contribution >= 0.6 is 0 Å². The van der Waals surface area contributed by atoms with Gasteiger partial charge < -0.3 is 19.9 Å². The topological polar surface area (TPSA) is 53.7 Å². The van der Waals surface area contributed by atoms with E-state index >= 15 is 0 Å². The van der Waals surface area contributed by atoms with Crippen LogP contribution in [0.15, 0.2) is 18.2 Å². The summed E-state index contributed by atoms with van der Waals surface area (Å²) < 4.78 is 16.8. The molecule has 0 aliphatic carbocycles. The highest BCUT2D eigenvalue weighted by molar-refractivity contribution is 5.40. The molecule has 2 N–H and O–H groups in total. The Kier molecular flexibility index (Phi) is 6.15. The summed E-state index contributed by atoms with van der Waals surface area (Å²) in [5.41, 5.74) is 6.78. The zero-order valence-electron chi connectivity index (χ0n) is 12.3. The summed E-state index contributed by atoms with van der Waals surface area (Å²) >= 11 is 0. The molecule has 0 aromatic heterocycles. The van der Waals surface area contributed by atoms with Crippen LogP contribution in [0.1, 0.15) is 31.2 Å². The van der Waals surface area contributed by atoms with Gasteiger partial charge in [-0.3, -0.25) is 0 Å². The van der Waals surface area contributed by atoms with E-state index < -0.39 is 0 Å². The summed E-state index contributed by atoms with van der Waals surface area (Å²) in [6.07, 6.45) is 5.75. The lowest BCUT2D eigenvalue weighted by Gasteiger charge is -2.14. The van der Waals surface area contributed by atoms with Gasteiger partial charge in [0.05, 0.1) is 19.8 Å². The van der Waals surface area contributed by atoms with E-state index in [0.29, 0.717) is 19.3 Å². The van der Waals surface area contributed by atoms with E-state index in [1.54, 1.807) is 7.11 Å². The van der Waals surface area contributed by atoms with Gasteiger partial charge in [-0.25, -0.2) is 0 Å². The van der Waals surface area contributed by atoms with Crippen LogP contribution in [0.25, 0.3) is 0 Å². The standard InChI is InChI=1S/C16H25NO3/c1-18-15-7-6-13(8-9-17)16(12-15)20-11-3-5-14-4-2-10-19-14/h6-7,12,14H,2-5,8-11,17H2,1H3. The molecule has 0 spiro atoms. The van der Waals surface area contributed by atoms with Crippen molar-refractivity contribution in [3.8, 4) is 11.5 Å². The normalized spacial score (nSPS) is 18.2. The third-order valence-electron chi connectivity index (χ3n) is 3.64. The molecule has 1 unspecified atom stereocenters. The van der Waals surface area contributed by atoms with Crippen LogP contribution in [0.2, 0.25) is 0 Å². The maximum atomic E-state index is 5.90. The summed E-state index contributed by atoms with van der Waals surface area (Å²) in [4.78, 5) is 0. The average Bonchev–Trinajstić information content (AvgIpc) is 2.98. The second-order valence-corrected chi connectivity index (χ2v) is 5.14. The predicted octanol–water partition coefficient (Wildman–Crippen LogP) is 2.53. The molecule has 0 bridgehead atoms.